The fourth-order valence-corrected chi connectivity index (χ4v) is 2.47. The van der Waals surface area contributed by atoms with E-state index in [4.69, 9.17) is 14.2 Å². The van der Waals surface area contributed by atoms with Crippen LogP contribution in [0.2, 0.25) is 0 Å². The van der Waals surface area contributed by atoms with Crippen molar-refractivity contribution in [3.05, 3.63) is 35.9 Å². The quantitative estimate of drug-likeness (QED) is 0.460. The molecule has 0 fully saturated rings. The van der Waals surface area contributed by atoms with E-state index in [2.05, 4.69) is 5.32 Å². The molecule has 1 aromatic carbocycles. The highest BCUT2D eigenvalue weighted by Gasteiger charge is 2.29. The number of benzene rings is 1. The van der Waals surface area contributed by atoms with Gasteiger partial charge in [-0.05, 0) is 59.9 Å². The summed E-state index contributed by atoms with van der Waals surface area (Å²) in [7, 11) is 0. The first-order chi connectivity index (χ1) is 14.8. The molecular formula is C23H34N2O7. The van der Waals surface area contributed by atoms with Crippen LogP contribution in [0.15, 0.2) is 30.3 Å². The van der Waals surface area contributed by atoms with E-state index in [0.29, 0.717) is 6.29 Å². The third-order valence-electron chi connectivity index (χ3n) is 3.80. The summed E-state index contributed by atoms with van der Waals surface area (Å²) in [5.74, 6) is 0. The summed E-state index contributed by atoms with van der Waals surface area (Å²) in [6.45, 7) is 10.1. The third-order valence-corrected chi connectivity index (χ3v) is 3.80. The minimum absolute atomic E-state index is 0.00384. The Morgan fingerprint density at radius 3 is 2.09 bits per heavy atom. The number of hydrogen-bond acceptors (Lipinski definition) is 7. The van der Waals surface area contributed by atoms with Gasteiger partial charge >= 0.3 is 18.3 Å². The number of carbonyl (C=O) groups is 4. The zero-order chi connectivity index (χ0) is 24.4. The van der Waals surface area contributed by atoms with Crippen LogP contribution in [0.25, 0.3) is 0 Å². The number of nitrogens with one attached hydrogen (secondary N) is 1. The zero-order valence-electron chi connectivity index (χ0n) is 19.7. The van der Waals surface area contributed by atoms with Crippen LogP contribution in [0.1, 0.15) is 59.9 Å². The van der Waals surface area contributed by atoms with Crippen molar-refractivity contribution in [2.45, 2.75) is 78.2 Å². The van der Waals surface area contributed by atoms with Gasteiger partial charge in [-0.1, -0.05) is 30.3 Å². The maximum absolute atomic E-state index is 12.6. The molecule has 0 saturated carbocycles. The van der Waals surface area contributed by atoms with Crippen LogP contribution >= 0.6 is 0 Å². The minimum Gasteiger partial charge on any atom is -0.444 e. The zero-order valence-corrected chi connectivity index (χ0v) is 19.7. The SMILES string of the molecule is CC(C)(C)OC(=O)N[C@H](C=O)CCCN(C(=O)OCc1ccccc1)C(=O)OC(C)(C)C. The monoisotopic (exact) mass is 450 g/mol. The van der Waals surface area contributed by atoms with Crippen LogP contribution in [0.4, 0.5) is 14.4 Å². The van der Waals surface area contributed by atoms with Crippen LogP contribution in [-0.2, 0) is 25.6 Å². The second-order valence-electron chi connectivity index (χ2n) is 9.20. The molecule has 32 heavy (non-hydrogen) atoms. The fraction of sp³-hybridized carbons (Fsp3) is 0.565. The second kappa shape index (κ2) is 12.1. The highest BCUT2D eigenvalue weighted by atomic mass is 16.6. The van der Waals surface area contributed by atoms with Gasteiger partial charge in [-0.15, -0.1) is 0 Å². The van der Waals surface area contributed by atoms with E-state index in [9.17, 15) is 19.2 Å². The van der Waals surface area contributed by atoms with E-state index in [-0.39, 0.29) is 26.0 Å². The number of rotatable bonds is 8. The molecule has 0 aliphatic carbocycles. The summed E-state index contributed by atoms with van der Waals surface area (Å²) in [6, 6.07) is 8.22. The first-order valence-electron chi connectivity index (χ1n) is 10.5. The maximum atomic E-state index is 12.6. The number of imide groups is 1. The Bertz CT molecular complexity index is 767. The van der Waals surface area contributed by atoms with Crippen LogP contribution in [-0.4, -0.2) is 53.3 Å². The average molecular weight is 451 g/mol. The summed E-state index contributed by atoms with van der Waals surface area (Å²) in [6.07, 6.45) is -1.42. The highest BCUT2D eigenvalue weighted by Crippen LogP contribution is 2.13. The molecule has 0 unspecified atom stereocenters. The normalized spacial score (nSPS) is 12.3. The second-order valence-corrected chi connectivity index (χ2v) is 9.20. The molecule has 0 radical (unpaired) electrons. The lowest BCUT2D eigenvalue weighted by Crippen LogP contribution is -2.43. The molecule has 0 aromatic heterocycles. The largest absolute Gasteiger partial charge is 0.444 e. The molecule has 3 amide bonds. The van der Waals surface area contributed by atoms with Crippen molar-refractivity contribution in [2.75, 3.05) is 6.54 Å². The number of hydrogen-bond donors (Lipinski definition) is 1. The van der Waals surface area contributed by atoms with Crippen LogP contribution < -0.4 is 5.32 Å². The molecule has 0 aliphatic rings. The van der Waals surface area contributed by atoms with Crippen molar-refractivity contribution in [3.8, 4) is 0 Å². The van der Waals surface area contributed by atoms with Gasteiger partial charge in [0.1, 0.15) is 24.1 Å². The summed E-state index contributed by atoms with van der Waals surface area (Å²) in [5, 5.41) is 2.46. The Morgan fingerprint density at radius 1 is 0.969 bits per heavy atom. The summed E-state index contributed by atoms with van der Waals surface area (Å²) in [5.41, 5.74) is -0.737. The molecule has 0 spiro atoms. The molecular weight excluding hydrogens is 416 g/mol. The number of carbonyl (C=O) groups excluding carboxylic acids is 4. The first kappa shape index (κ1) is 26.9. The number of ether oxygens (including phenoxy) is 3. The molecule has 9 nitrogen and oxygen atoms in total. The van der Waals surface area contributed by atoms with Crippen LogP contribution in [0, 0.1) is 0 Å². The van der Waals surface area contributed by atoms with Gasteiger partial charge in [-0.2, -0.15) is 0 Å². The van der Waals surface area contributed by atoms with E-state index < -0.39 is 35.5 Å². The smallest absolute Gasteiger partial charge is 0.419 e. The van der Waals surface area contributed by atoms with E-state index in [1.807, 2.05) is 18.2 Å². The van der Waals surface area contributed by atoms with Crippen molar-refractivity contribution in [2.24, 2.45) is 0 Å². The van der Waals surface area contributed by atoms with Gasteiger partial charge in [0.05, 0.1) is 6.04 Å². The van der Waals surface area contributed by atoms with Gasteiger partial charge in [-0.3, -0.25) is 0 Å². The molecule has 1 rings (SSSR count). The van der Waals surface area contributed by atoms with Gasteiger partial charge in [-0.25, -0.2) is 19.3 Å². The van der Waals surface area contributed by atoms with E-state index in [1.54, 1.807) is 53.7 Å². The van der Waals surface area contributed by atoms with Crippen molar-refractivity contribution >= 4 is 24.6 Å². The fourth-order valence-electron chi connectivity index (χ4n) is 2.47. The summed E-state index contributed by atoms with van der Waals surface area (Å²) < 4.78 is 15.7. The van der Waals surface area contributed by atoms with Gasteiger partial charge in [0, 0.05) is 6.54 Å². The number of alkyl carbamates (subject to hydrolysis) is 1. The number of aldehydes is 1. The topological polar surface area (TPSA) is 111 Å². The predicted molar refractivity (Wildman–Crippen MR) is 118 cm³/mol. The Hall–Kier alpha value is -3.10. The number of amides is 3. The van der Waals surface area contributed by atoms with Crippen molar-refractivity contribution in [1.29, 1.82) is 0 Å². The Balaban J connectivity index is 2.71. The van der Waals surface area contributed by atoms with Crippen molar-refractivity contribution in [3.63, 3.8) is 0 Å². The molecule has 0 aliphatic heterocycles. The maximum Gasteiger partial charge on any atom is 0.419 e. The van der Waals surface area contributed by atoms with Crippen molar-refractivity contribution in [1.82, 2.24) is 10.2 Å². The van der Waals surface area contributed by atoms with E-state index in [0.717, 1.165) is 10.5 Å². The molecule has 1 aromatic rings. The summed E-state index contributed by atoms with van der Waals surface area (Å²) >= 11 is 0. The predicted octanol–water partition coefficient (Wildman–Crippen LogP) is 4.43. The molecule has 0 saturated heterocycles. The van der Waals surface area contributed by atoms with Crippen molar-refractivity contribution < 1.29 is 33.4 Å². The van der Waals surface area contributed by atoms with Gasteiger partial charge in [0.15, 0.2) is 0 Å². The van der Waals surface area contributed by atoms with Gasteiger partial charge in [0.25, 0.3) is 0 Å². The minimum atomic E-state index is -0.856. The molecule has 0 heterocycles. The lowest BCUT2D eigenvalue weighted by Gasteiger charge is -2.26. The van der Waals surface area contributed by atoms with Gasteiger partial charge < -0.3 is 24.3 Å². The Labute approximate surface area is 189 Å². The Morgan fingerprint density at radius 2 is 1.56 bits per heavy atom. The lowest BCUT2D eigenvalue weighted by atomic mass is 10.1. The Kier molecular flexibility index (Phi) is 10.2. The van der Waals surface area contributed by atoms with E-state index >= 15 is 0 Å². The molecule has 0 bridgehead atoms. The lowest BCUT2D eigenvalue weighted by molar-refractivity contribution is -0.109. The third kappa shape index (κ3) is 11.3. The van der Waals surface area contributed by atoms with Crippen LogP contribution in [0.3, 0.4) is 0 Å². The van der Waals surface area contributed by atoms with E-state index in [1.165, 1.54) is 0 Å². The van der Waals surface area contributed by atoms with Crippen LogP contribution in [0.5, 0.6) is 0 Å². The first-order valence-corrected chi connectivity index (χ1v) is 10.5. The average Bonchev–Trinajstić information content (AvgIpc) is 2.66. The molecule has 178 valence electrons. The summed E-state index contributed by atoms with van der Waals surface area (Å²) in [4.78, 5) is 49.1. The molecule has 1 N–H and O–H groups in total. The molecule has 9 heteroatoms. The molecule has 1 atom stereocenters. The number of nitrogens with zero attached hydrogens (tertiary/aromatic N) is 1. The van der Waals surface area contributed by atoms with Gasteiger partial charge in [0.2, 0.25) is 0 Å². The standard InChI is InChI=1S/C23H34N2O7/c1-22(2,3)31-19(27)24-18(15-26)13-10-14-25(21(29)32-23(4,5)6)20(28)30-16-17-11-8-7-9-12-17/h7-9,11-12,15,18H,10,13-14,16H2,1-6H3,(H,24,27)/t18-/m0/s1. The highest BCUT2D eigenvalue weighted by molar-refractivity contribution is 5.88.